The number of nitrogens with zero attached hydrogens (tertiary/aromatic N) is 2. The molecule has 7 heteroatoms. The molecule has 0 saturated carbocycles. The molecule has 3 amide bonds. The molecule has 0 spiro atoms. The molecule has 0 aliphatic rings. The molecule has 1 aromatic heterocycles. The molecule has 1 aromatic carbocycles. The number of rotatable bonds is 9. The number of ketones is 1. The number of aryl methyl sites for hydroxylation is 1. The molecule has 2 aromatic rings. The van der Waals surface area contributed by atoms with Gasteiger partial charge in [-0.15, -0.1) is 0 Å². The first-order valence-corrected chi connectivity index (χ1v) is 9.68. The summed E-state index contributed by atoms with van der Waals surface area (Å²) in [6.45, 7) is 3.97. The van der Waals surface area contributed by atoms with Gasteiger partial charge in [-0.1, -0.05) is 50.2 Å². The van der Waals surface area contributed by atoms with Crippen LogP contribution in [0.2, 0.25) is 0 Å². The predicted octanol–water partition coefficient (Wildman–Crippen LogP) is 4.00. The Morgan fingerprint density at radius 3 is 2.31 bits per heavy atom. The van der Waals surface area contributed by atoms with E-state index in [-0.39, 0.29) is 23.9 Å². The highest BCUT2D eigenvalue weighted by molar-refractivity contribution is 6.01. The van der Waals surface area contributed by atoms with Gasteiger partial charge in [-0.05, 0) is 42.9 Å². The molecule has 29 heavy (non-hydrogen) atoms. The number of carbonyl (C=O) groups is 3. The zero-order valence-electron chi connectivity index (χ0n) is 16.7. The molecule has 1 atom stereocenters. The SMILES string of the molecule is CC(C)CCN(C(=O)O)C(=O)N[C@@H](CCc1ccccc1)C(=O)c1ccccn1. The van der Waals surface area contributed by atoms with E-state index in [0.29, 0.717) is 19.3 Å². The smallest absolute Gasteiger partial charge is 0.415 e. The lowest BCUT2D eigenvalue weighted by Gasteiger charge is -2.23. The summed E-state index contributed by atoms with van der Waals surface area (Å²) in [6, 6.07) is 12.9. The maximum absolute atomic E-state index is 12.9. The van der Waals surface area contributed by atoms with E-state index in [1.54, 1.807) is 18.2 Å². The van der Waals surface area contributed by atoms with E-state index in [1.165, 1.54) is 6.20 Å². The number of urea groups is 1. The zero-order chi connectivity index (χ0) is 21.2. The van der Waals surface area contributed by atoms with E-state index in [9.17, 15) is 19.5 Å². The van der Waals surface area contributed by atoms with Crippen LogP contribution in [0.5, 0.6) is 0 Å². The summed E-state index contributed by atoms with van der Waals surface area (Å²) in [7, 11) is 0. The van der Waals surface area contributed by atoms with Gasteiger partial charge in [0.05, 0.1) is 6.04 Å². The van der Waals surface area contributed by atoms with Gasteiger partial charge in [0.25, 0.3) is 0 Å². The van der Waals surface area contributed by atoms with Gasteiger partial charge in [-0.2, -0.15) is 0 Å². The Labute approximate surface area is 170 Å². The third kappa shape index (κ3) is 7.03. The molecule has 0 bridgehead atoms. The van der Waals surface area contributed by atoms with Crippen LogP contribution in [0.15, 0.2) is 54.7 Å². The summed E-state index contributed by atoms with van der Waals surface area (Å²) in [5.74, 6) is -0.0993. The van der Waals surface area contributed by atoms with E-state index in [2.05, 4.69) is 10.3 Å². The number of imide groups is 1. The summed E-state index contributed by atoms with van der Waals surface area (Å²) in [6.07, 6.45) is 1.61. The van der Waals surface area contributed by atoms with Crippen LogP contribution < -0.4 is 5.32 Å². The van der Waals surface area contributed by atoms with E-state index in [4.69, 9.17) is 0 Å². The third-order valence-corrected chi connectivity index (χ3v) is 4.50. The highest BCUT2D eigenvalue weighted by atomic mass is 16.4. The van der Waals surface area contributed by atoms with Crippen LogP contribution in [0.1, 0.15) is 42.7 Å². The van der Waals surface area contributed by atoms with Crippen molar-refractivity contribution in [1.82, 2.24) is 15.2 Å². The molecule has 0 aliphatic carbocycles. The highest BCUT2D eigenvalue weighted by Gasteiger charge is 2.28. The number of Topliss-reactive ketones (excluding diaryl/α,β-unsaturated/α-hetero) is 1. The van der Waals surface area contributed by atoms with Crippen molar-refractivity contribution in [3.63, 3.8) is 0 Å². The Morgan fingerprint density at radius 1 is 1.03 bits per heavy atom. The molecule has 0 saturated heterocycles. The Hall–Kier alpha value is -3.22. The second-order valence-corrected chi connectivity index (χ2v) is 7.22. The largest absolute Gasteiger partial charge is 0.465 e. The van der Waals surface area contributed by atoms with Crippen molar-refractivity contribution < 1.29 is 19.5 Å². The number of carbonyl (C=O) groups excluding carboxylic acids is 2. The fourth-order valence-corrected chi connectivity index (χ4v) is 2.81. The topological polar surface area (TPSA) is 99.6 Å². The first-order valence-electron chi connectivity index (χ1n) is 9.68. The Balaban J connectivity index is 2.15. The van der Waals surface area contributed by atoms with Gasteiger partial charge in [-0.25, -0.2) is 14.5 Å². The Kier molecular flexibility index (Phi) is 8.33. The number of carboxylic acid groups (broad SMARTS) is 1. The molecule has 2 N–H and O–H groups in total. The van der Waals surface area contributed by atoms with Crippen molar-refractivity contribution in [2.75, 3.05) is 6.54 Å². The quantitative estimate of drug-likeness (QED) is 0.623. The molecule has 0 unspecified atom stereocenters. The summed E-state index contributed by atoms with van der Waals surface area (Å²) in [5.41, 5.74) is 1.25. The molecular formula is C22H27N3O4. The van der Waals surface area contributed by atoms with Crippen molar-refractivity contribution in [1.29, 1.82) is 0 Å². The molecular weight excluding hydrogens is 370 g/mol. The zero-order valence-corrected chi connectivity index (χ0v) is 16.7. The molecule has 154 valence electrons. The van der Waals surface area contributed by atoms with Crippen LogP contribution >= 0.6 is 0 Å². The number of amides is 3. The first kappa shape index (κ1) is 22.1. The highest BCUT2D eigenvalue weighted by Crippen LogP contribution is 2.11. The van der Waals surface area contributed by atoms with Crippen LogP contribution in [0.3, 0.4) is 0 Å². The first-order chi connectivity index (χ1) is 13.9. The lowest BCUT2D eigenvalue weighted by molar-refractivity contribution is 0.0926. The van der Waals surface area contributed by atoms with E-state index in [0.717, 1.165) is 10.5 Å². The second-order valence-electron chi connectivity index (χ2n) is 7.22. The van der Waals surface area contributed by atoms with Gasteiger partial charge in [0.1, 0.15) is 5.69 Å². The third-order valence-electron chi connectivity index (χ3n) is 4.50. The van der Waals surface area contributed by atoms with E-state index < -0.39 is 18.2 Å². The molecule has 0 aliphatic heterocycles. The maximum atomic E-state index is 12.9. The van der Waals surface area contributed by atoms with Crippen LogP contribution in [0.25, 0.3) is 0 Å². The van der Waals surface area contributed by atoms with E-state index >= 15 is 0 Å². The number of hydrogen-bond donors (Lipinski definition) is 2. The number of nitrogens with one attached hydrogen (secondary N) is 1. The summed E-state index contributed by atoms with van der Waals surface area (Å²) in [4.78, 5) is 41.8. The van der Waals surface area contributed by atoms with Gasteiger partial charge in [0, 0.05) is 12.7 Å². The minimum Gasteiger partial charge on any atom is -0.465 e. The lowest BCUT2D eigenvalue weighted by Crippen LogP contribution is -2.50. The summed E-state index contributed by atoms with van der Waals surface area (Å²) in [5, 5.41) is 12.0. The van der Waals surface area contributed by atoms with Gasteiger partial charge < -0.3 is 10.4 Å². The van der Waals surface area contributed by atoms with Crippen molar-refractivity contribution in [3.05, 3.63) is 66.0 Å². The van der Waals surface area contributed by atoms with Crippen LogP contribution in [0.4, 0.5) is 9.59 Å². The molecule has 1 heterocycles. The monoisotopic (exact) mass is 397 g/mol. The van der Waals surface area contributed by atoms with Gasteiger partial charge >= 0.3 is 12.1 Å². The van der Waals surface area contributed by atoms with Crippen LogP contribution in [-0.4, -0.2) is 45.5 Å². The standard InChI is InChI=1S/C22H27N3O4/c1-16(2)13-15-25(22(28)29)21(27)24-19(12-11-17-8-4-3-5-9-17)20(26)18-10-6-7-14-23-18/h3-10,14,16,19H,11-13,15H2,1-2H3,(H,24,27)(H,28,29)/t19-/m0/s1. The number of hydrogen-bond acceptors (Lipinski definition) is 4. The van der Waals surface area contributed by atoms with Gasteiger partial charge in [-0.3, -0.25) is 9.78 Å². The van der Waals surface area contributed by atoms with Gasteiger partial charge in [0.2, 0.25) is 5.78 Å². The van der Waals surface area contributed by atoms with Crippen molar-refractivity contribution >= 4 is 17.9 Å². The predicted molar refractivity (Wildman–Crippen MR) is 110 cm³/mol. The average Bonchev–Trinajstić information content (AvgIpc) is 2.71. The van der Waals surface area contributed by atoms with Crippen LogP contribution in [-0.2, 0) is 6.42 Å². The number of benzene rings is 1. The average molecular weight is 397 g/mol. The molecule has 7 nitrogen and oxygen atoms in total. The minimum absolute atomic E-state index is 0.0714. The lowest BCUT2D eigenvalue weighted by atomic mass is 10.0. The normalized spacial score (nSPS) is 11.7. The van der Waals surface area contributed by atoms with E-state index in [1.807, 2.05) is 44.2 Å². The number of pyridine rings is 1. The van der Waals surface area contributed by atoms with Crippen molar-refractivity contribution in [2.45, 2.75) is 39.2 Å². The van der Waals surface area contributed by atoms with Crippen LogP contribution in [0, 0.1) is 5.92 Å². The second kappa shape index (κ2) is 10.9. The van der Waals surface area contributed by atoms with Crippen molar-refractivity contribution in [2.24, 2.45) is 5.92 Å². The van der Waals surface area contributed by atoms with Crippen molar-refractivity contribution in [3.8, 4) is 0 Å². The molecule has 2 rings (SSSR count). The fraction of sp³-hybridized carbons (Fsp3) is 0.364. The Morgan fingerprint density at radius 2 is 1.72 bits per heavy atom. The summed E-state index contributed by atoms with van der Waals surface area (Å²) >= 11 is 0. The van der Waals surface area contributed by atoms with Gasteiger partial charge in [0.15, 0.2) is 0 Å². The minimum atomic E-state index is -1.34. The number of aromatic nitrogens is 1. The maximum Gasteiger partial charge on any atom is 0.415 e. The molecule has 0 fully saturated rings. The molecule has 0 radical (unpaired) electrons. The summed E-state index contributed by atoms with van der Waals surface area (Å²) < 4.78 is 0. The Bertz CT molecular complexity index is 809. The fourth-order valence-electron chi connectivity index (χ4n) is 2.81.